The lowest BCUT2D eigenvalue weighted by atomic mass is 10.1. The predicted molar refractivity (Wildman–Crippen MR) is 136 cm³/mol. The zero-order valence-electron chi connectivity index (χ0n) is 18.6. The third kappa shape index (κ3) is 6.46. The van der Waals surface area contributed by atoms with Gasteiger partial charge in [0.25, 0.3) is 0 Å². The second kappa shape index (κ2) is 11.2. The Morgan fingerprint density at radius 3 is 2.41 bits per heavy atom. The normalized spacial score (nSPS) is 11.8. The zero-order chi connectivity index (χ0) is 23.8. The molecule has 6 nitrogen and oxygen atoms in total. The van der Waals surface area contributed by atoms with Gasteiger partial charge in [-0.15, -0.1) is 10.2 Å². The number of carbonyl (C=O) groups excluding carboxylic acids is 2. The van der Waals surface area contributed by atoms with Crippen molar-refractivity contribution in [2.24, 2.45) is 0 Å². The highest BCUT2D eigenvalue weighted by molar-refractivity contribution is 7.18. The van der Waals surface area contributed by atoms with Gasteiger partial charge < -0.3 is 5.32 Å². The van der Waals surface area contributed by atoms with Crippen molar-refractivity contribution in [1.82, 2.24) is 15.5 Å². The molecule has 0 saturated heterocycles. The smallest absolute Gasteiger partial charge is 0.249 e. The lowest BCUT2D eigenvalue weighted by Crippen LogP contribution is -2.44. The summed E-state index contributed by atoms with van der Waals surface area (Å²) in [6.07, 6.45) is 3.49. The maximum Gasteiger partial charge on any atom is 0.249 e. The molecule has 4 aromatic rings. The number of anilines is 1. The van der Waals surface area contributed by atoms with Gasteiger partial charge in [-0.05, 0) is 30.2 Å². The molecule has 170 valence electrons. The molecular weight excluding hydrogens is 444 g/mol. The van der Waals surface area contributed by atoms with Crippen LogP contribution >= 0.6 is 11.3 Å². The highest BCUT2D eigenvalue weighted by Crippen LogP contribution is 2.27. The van der Waals surface area contributed by atoms with E-state index in [1.807, 2.05) is 91.9 Å². The van der Waals surface area contributed by atoms with Crippen molar-refractivity contribution in [1.29, 1.82) is 0 Å². The van der Waals surface area contributed by atoms with Crippen LogP contribution in [0.3, 0.4) is 0 Å². The van der Waals surface area contributed by atoms with Gasteiger partial charge in [0, 0.05) is 18.1 Å². The zero-order valence-corrected chi connectivity index (χ0v) is 19.5. The first-order valence-corrected chi connectivity index (χ1v) is 11.7. The van der Waals surface area contributed by atoms with Gasteiger partial charge in [-0.2, -0.15) is 0 Å². The lowest BCUT2D eigenvalue weighted by molar-refractivity contribution is -0.123. The minimum atomic E-state index is -0.776. The van der Waals surface area contributed by atoms with Gasteiger partial charge in [0.05, 0.1) is 0 Å². The number of rotatable bonds is 8. The number of nitrogens with zero attached hydrogens (tertiary/aromatic N) is 2. The van der Waals surface area contributed by atoms with Crippen LogP contribution in [0.25, 0.3) is 16.6 Å². The van der Waals surface area contributed by atoms with Crippen molar-refractivity contribution >= 4 is 34.4 Å². The molecule has 4 rings (SSSR count). The number of benzene rings is 3. The van der Waals surface area contributed by atoms with Crippen LogP contribution in [0.15, 0.2) is 91.0 Å². The summed E-state index contributed by atoms with van der Waals surface area (Å²) in [5, 5.41) is 15.1. The van der Waals surface area contributed by atoms with Gasteiger partial charge in [-0.25, -0.2) is 0 Å². The molecule has 0 aliphatic heterocycles. The number of carbonyl (C=O) groups is 2. The third-order valence-electron chi connectivity index (χ3n) is 5.06. The monoisotopic (exact) mass is 468 g/mol. The molecule has 2 N–H and O–H groups in total. The molecule has 1 unspecified atom stereocenters. The fourth-order valence-corrected chi connectivity index (χ4v) is 4.12. The summed E-state index contributed by atoms with van der Waals surface area (Å²) in [7, 11) is 0. The molecule has 2 amide bonds. The highest BCUT2D eigenvalue weighted by Gasteiger charge is 2.22. The number of aromatic nitrogens is 2. The predicted octanol–water partition coefficient (Wildman–Crippen LogP) is 4.89. The minimum absolute atomic E-state index is 0.348. The summed E-state index contributed by atoms with van der Waals surface area (Å²) in [6.45, 7) is 2.01. The second-order valence-corrected chi connectivity index (χ2v) is 8.74. The molecule has 0 spiro atoms. The molecule has 1 heterocycles. The van der Waals surface area contributed by atoms with Crippen molar-refractivity contribution in [2.45, 2.75) is 19.4 Å². The SMILES string of the molecule is Cc1cccc(-c2nnc(NC(=O)C(Cc3ccccc3)NC(=O)/C=C/c3ccccc3)s2)c1. The molecule has 1 aromatic heterocycles. The molecule has 34 heavy (non-hydrogen) atoms. The summed E-state index contributed by atoms with van der Waals surface area (Å²) in [5.74, 6) is -0.699. The van der Waals surface area contributed by atoms with Gasteiger partial charge in [0.15, 0.2) is 0 Å². The second-order valence-electron chi connectivity index (χ2n) is 7.77. The van der Waals surface area contributed by atoms with Crippen LogP contribution in [0.5, 0.6) is 0 Å². The summed E-state index contributed by atoms with van der Waals surface area (Å²) in [6, 6.07) is 26.2. The average Bonchev–Trinajstić information content (AvgIpc) is 3.32. The quantitative estimate of drug-likeness (QED) is 0.361. The van der Waals surface area contributed by atoms with E-state index in [9.17, 15) is 9.59 Å². The van der Waals surface area contributed by atoms with E-state index >= 15 is 0 Å². The maximum absolute atomic E-state index is 13.1. The Morgan fingerprint density at radius 1 is 0.941 bits per heavy atom. The highest BCUT2D eigenvalue weighted by atomic mass is 32.1. The van der Waals surface area contributed by atoms with Crippen molar-refractivity contribution in [3.05, 3.63) is 108 Å². The summed E-state index contributed by atoms with van der Waals surface area (Å²) >= 11 is 1.29. The van der Waals surface area contributed by atoms with E-state index in [-0.39, 0.29) is 11.8 Å². The standard InChI is InChI=1S/C27H24N4O2S/c1-19-9-8-14-22(17-19)26-30-31-27(34-26)29-25(33)23(18-21-12-6-3-7-13-21)28-24(32)16-15-20-10-4-2-5-11-20/h2-17,23H,18H2,1H3,(H,28,32)(H,29,31,33)/b16-15+. The van der Waals surface area contributed by atoms with Crippen molar-refractivity contribution < 1.29 is 9.59 Å². The van der Waals surface area contributed by atoms with E-state index in [0.29, 0.717) is 16.6 Å². The number of aryl methyl sites for hydroxylation is 1. The van der Waals surface area contributed by atoms with Crippen molar-refractivity contribution in [3.8, 4) is 10.6 Å². The topological polar surface area (TPSA) is 84.0 Å². The summed E-state index contributed by atoms with van der Waals surface area (Å²) in [4.78, 5) is 25.7. The molecule has 7 heteroatoms. The van der Waals surface area contributed by atoms with Gasteiger partial charge in [-0.1, -0.05) is 95.8 Å². The van der Waals surface area contributed by atoms with E-state index in [4.69, 9.17) is 0 Å². The van der Waals surface area contributed by atoms with Crippen LogP contribution in [0.1, 0.15) is 16.7 Å². The molecule has 3 aromatic carbocycles. The molecule has 0 aliphatic rings. The number of nitrogens with one attached hydrogen (secondary N) is 2. The summed E-state index contributed by atoms with van der Waals surface area (Å²) in [5.41, 5.74) is 3.90. The maximum atomic E-state index is 13.1. The van der Waals surface area contributed by atoms with E-state index in [1.165, 1.54) is 17.4 Å². The van der Waals surface area contributed by atoms with Gasteiger partial charge >= 0.3 is 0 Å². The molecule has 1 atom stereocenters. The van der Waals surface area contributed by atoms with E-state index in [0.717, 1.165) is 22.3 Å². The Bertz CT molecular complexity index is 1290. The van der Waals surface area contributed by atoms with Crippen LogP contribution in [0.4, 0.5) is 5.13 Å². The van der Waals surface area contributed by atoms with E-state index < -0.39 is 6.04 Å². The fourth-order valence-electron chi connectivity index (χ4n) is 3.38. The van der Waals surface area contributed by atoms with Gasteiger partial charge in [0.1, 0.15) is 11.0 Å². The van der Waals surface area contributed by atoms with E-state index in [1.54, 1.807) is 6.08 Å². The van der Waals surface area contributed by atoms with Crippen LogP contribution in [0.2, 0.25) is 0 Å². The lowest BCUT2D eigenvalue weighted by Gasteiger charge is -2.17. The number of hydrogen-bond acceptors (Lipinski definition) is 5. The largest absolute Gasteiger partial charge is 0.340 e. The summed E-state index contributed by atoms with van der Waals surface area (Å²) < 4.78 is 0. The molecule has 0 aliphatic carbocycles. The minimum Gasteiger partial charge on any atom is -0.340 e. The number of hydrogen-bond donors (Lipinski definition) is 2. The van der Waals surface area contributed by atoms with Crippen LogP contribution in [0, 0.1) is 6.92 Å². The fraction of sp³-hybridized carbons (Fsp3) is 0.111. The molecular formula is C27H24N4O2S. The van der Waals surface area contributed by atoms with Crippen molar-refractivity contribution in [3.63, 3.8) is 0 Å². The first kappa shape index (κ1) is 23.1. The Labute approximate surface area is 202 Å². The van der Waals surface area contributed by atoms with E-state index in [2.05, 4.69) is 20.8 Å². The Hall–Kier alpha value is -4.10. The molecule has 0 radical (unpaired) electrons. The first-order chi connectivity index (χ1) is 16.6. The van der Waals surface area contributed by atoms with Crippen LogP contribution in [-0.4, -0.2) is 28.1 Å². The molecule has 0 saturated carbocycles. The number of amides is 2. The van der Waals surface area contributed by atoms with Crippen LogP contribution < -0.4 is 10.6 Å². The van der Waals surface area contributed by atoms with Crippen LogP contribution in [-0.2, 0) is 16.0 Å². The van der Waals surface area contributed by atoms with Gasteiger partial charge in [0.2, 0.25) is 16.9 Å². The molecule has 0 bridgehead atoms. The molecule has 0 fully saturated rings. The first-order valence-electron chi connectivity index (χ1n) is 10.9. The third-order valence-corrected chi connectivity index (χ3v) is 5.95. The Balaban J connectivity index is 1.47. The Kier molecular flexibility index (Phi) is 7.57. The Morgan fingerprint density at radius 2 is 1.68 bits per heavy atom. The average molecular weight is 469 g/mol. The van der Waals surface area contributed by atoms with Gasteiger partial charge in [-0.3, -0.25) is 14.9 Å². The van der Waals surface area contributed by atoms with Crippen molar-refractivity contribution in [2.75, 3.05) is 5.32 Å².